The standard InChI is InChI=1S/C15H20FNO2/c1-11-10-13(6-7-14(11)16)19-12(2)15(18)17-8-4-3-5-9-17/h6-7,10,12H,3-5,8-9H2,1-2H3. The van der Waals surface area contributed by atoms with Crippen molar-refractivity contribution in [2.45, 2.75) is 39.2 Å². The summed E-state index contributed by atoms with van der Waals surface area (Å²) >= 11 is 0. The second kappa shape index (κ2) is 6.04. The van der Waals surface area contributed by atoms with E-state index >= 15 is 0 Å². The predicted octanol–water partition coefficient (Wildman–Crippen LogP) is 2.91. The molecule has 0 spiro atoms. The fourth-order valence-corrected chi connectivity index (χ4v) is 2.32. The van der Waals surface area contributed by atoms with Gasteiger partial charge in [-0.25, -0.2) is 4.39 Å². The fourth-order valence-electron chi connectivity index (χ4n) is 2.32. The Morgan fingerprint density at radius 2 is 2.00 bits per heavy atom. The van der Waals surface area contributed by atoms with Gasteiger partial charge in [0.15, 0.2) is 6.10 Å². The molecular formula is C15H20FNO2. The minimum absolute atomic E-state index is 0.0154. The van der Waals surface area contributed by atoms with Gasteiger partial charge in [-0.2, -0.15) is 0 Å². The predicted molar refractivity (Wildman–Crippen MR) is 71.7 cm³/mol. The van der Waals surface area contributed by atoms with Crippen LogP contribution in [0.15, 0.2) is 18.2 Å². The SMILES string of the molecule is Cc1cc(OC(C)C(=O)N2CCCCC2)ccc1F. The van der Waals surface area contributed by atoms with Gasteiger partial charge in [-0.3, -0.25) is 4.79 Å². The van der Waals surface area contributed by atoms with Crippen molar-refractivity contribution in [2.24, 2.45) is 0 Å². The highest BCUT2D eigenvalue weighted by Gasteiger charge is 2.23. The number of aryl methyl sites for hydroxylation is 1. The van der Waals surface area contributed by atoms with Crippen LogP contribution in [0.2, 0.25) is 0 Å². The zero-order valence-electron chi connectivity index (χ0n) is 11.5. The Balaban J connectivity index is 1.97. The summed E-state index contributed by atoms with van der Waals surface area (Å²) in [7, 11) is 0. The van der Waals surface area contributed by atoms with Gasteiger partial charge in [0.25, 0.3) is 5.91 Å². The molecule has 104 valence electrons. The zero-order valence-corrected chi connectivity index (χ0v) is 11.5. The average molecular weight is 265 g/mol. The third kappa shape index (κ3) is 3.46. The number of ether oxygens (including phenoxy) is 1. The fraction of sp³-hybridized carbons (Fsp3) is 0.533. The molecule has 4 heteroatoms. The van der Waals surface area contributed by atoms with Crippen molar-refractivity contribution in [1.82, 2.24) is 4.90 Å². The Morgan fingerprint density at radius 1 is 1.32 bits per heavy atom. The first-order valence-electron chi connectivity index (χ1n) is 6.79. The Labute approximate surface area is 113 Å². The second-order valence-corrected chi connectivity index (χ2v) is 5.06. The lowest BCUT2D eigenvalue weighted by atomic mass is 10.1. The Kier molecular flexibility index (Phi) is 4.40. The van der Waals surface area contributed by atoms with Crippen molar-refractivity contribution in [1.29, 1.82) is 0 Å². The molecule has 0 saturated carbocycles. The molecule has 0 N–H and O–H groups in total. The molecule has 1 fully saturated rings. The number of likely N-dealkylation sites (tertiary alicyclic amines) is 1. The van der Waals surface area contributed by atoms with Gasteiger partial charge in [0, 0.05) is 13.1 Å². The maximum Gasteiger partial charge on any atom is 0.263 e. The summed E-state index contributed by atoms with van der Waals surface area (Å²) in [4.78, 5) is 14.0. The molecule has 1 aromatic rings. The van der Waals surface area contributed by atoms with Crippen LogP contribution in [0.5, 0.6) is 5.75 Å². The first-order chi connectivity index (χ1) is 9.08. The third-order valence-corrected chi connectivity index (χ3v) is 3.46. The summed E-state index contributed by atoms with van der Waals surface area (Å²) in [5.41, 5.74) is 0.523. The van der Waals surface area contributed by atoms with E-state index in [4.69, 9.17) is 4.74 Å². The van der Waals surface area contributed by atoms with Gasteiger partial charge in [0.1, 0.15) is 11.6 Å². The van der Waals surface area contributed by atoms with E-state index in [-0.39, 0.29) is 11.7 Å². The van der Waals surface area contributed by atoms with Crippen LogP contribution in [0.25, 0.3) is 0 Å². The Hall–Kier alpha value is -1.58. The molecule has 0 aromatic heterocycles. The largest absolute Gasteiger partial charge is 0.481 e. The molecule has 1 atom stereocenters. The molecule has 1 saturated heterocycles. The minimum atomic E-state index is -0.525. The van der Waals surface area contributed by atoms with Crippen LogP contribution in [0, 0.1) is 12.7 Å². The van der Waals surface area contributed by atoms with E-state index in [2.05, 4.69) is 0 Å². The highest BCUT2D eigenvalue weighted by molar-refractivity contribution is 5.81. The molecule has 0 bridgehead atoms. The number of carbonyl (C=O) groups is 1. The normalized spacial score (nSPS) is 17.1. The molecule has 3 nitrogen and oxygen atoms in total. The molecule has 1 heterocycles. The summed E-state index contributed by atoms with van der Waals surface area (Å²) in [5.74, 6) is 0.292. The summed E-state index contributed by atoms with van der Waals surface area (Å²) in [6.07, 6.45) is 2.79. The van der Waals surface area contributed by atoms with E-state index in [0.717, 1.165) is 25.9 Å². The topological polar surface area (TPSA) is 29.5 Å². The lowest BCUT2D eigenvalue weighted by Gasteiger charge is -2.29. The quantitative estimate of drug-likeness (QED) is 0.841. The maximum atomic E-state index is 13.2. The van der Waals surface area contributed by atoms with Crippen LogP contribution in [0.1, 0.15) is 31.7 Å². The number of benzene rings is 1. The van der Waals surface area contributed by atoms with Gasteiger partial charge in [-0.05, 0) is 56.9 Å². The third-order valence-electron chi connectivity index (χ3n) is 3.46. The molecule has 0 aliphatic carbocycles. The average Bonchev–Trinajstić information content (AvgIpc) is 2.43. The van der Waals surface area contributed by atoms with Crippen molar-refractivity contribution < 1.29 is 13.9 Å². The molecule has 0 radical (unpaired) electrons. The summed E-state index contributed by atoms with van der Waals surface area (Å²) in [5, 5.41) is 0. The Morgan fingerprint density at radius 3 is 2.63 bits per heavy atom. The van der Waals surface area contributed by atoms with E-state index < -0.39 is 6.10 Å². The number of hydrogen-bond donors (Lipinski definition) is 0. The molecule has 1 aromatic carbocycles. The number of amides is 1. The van der Waals surface area contributed by atoms with Crippen molar-refractivity contribution in [2.75, 3.05) is 13.1 Å². The van der Waals surface area contributed by atoms with E-state index in [1.807, 2.05) is 4.90 Å². The van der Waals surface area contributed by atoms with E-state index in [9.17, 15) is 9.18 Å². The smallest absolute Gasteiger partial charge is 0.263 e. The lowest BCUT2D eigenvalue weighted by molar-refractivity contribution is -0.138. The van der Waals surface area contributed by atoms with Crippen LogP contribution in [0.3, 0.4) is 0 Å². The van der Waals surface area contributed by atoms with Crippen LogP contribution in [0.4, 0.5) is 4.39 Å². The molecule has 19 heavy (non-hydrogen) atoms. The van der Waals surface area contributed by atoms with Crippen LogP contribution >= 0.6 is 0 Å². The van der Waals surface area contributed by atoms with Crippen LogP contribution in [-0.4, -0.2) is 30.0 Å². The number of piperidine rings is 1. The number of nitrogens with zero attached hydrogens (tertiary/aromatic N) is 1. The molecule has 2 rings (SSSR count). The van der Waals surface area contributed by atoms with Gasteiger partial charge in [-0.15, -0.1) is 0 Å². The molecule has 1 amide bonds. The van der Waals surface area contributed by atoms with E-state index in [1.165, 1.54) is 12.5 Å². The maximum absolute atomic E-state index is 13.2. The number of hydrogen-bond acceptors (Lipinski definition) is 2. The summed E-state index contributed by atoms with van der Waals surface area (Å²) < 4.78 is 18.8. The van der Waals surface area contributed by atoms with Gasteiger partial charge in [-0.1, -0.05) is 0 Å². The lowest BCUT2D eigenvalue weighted by Crippen LogP contribution is -2.43. The molecular weight excluding hydrogens is 245 g/mol. The first kappa shape index (κ1) is 13.8. The highest BCUT2D eigenvalue weighted by atomic mass is 19.1. The van der Waals surface area contributed by atoms with E-state index in [1.54, 1.807) is 26.0 Å². The number of rotatable bonds is 3. The van der Waals surface area contributed by atoms with Gasteiger partial charge in [0.05, 0.1) is 0 Å². The minimum Gasteiger partial charge on any atom is -0.481 e. The summed E-state index contributed by atoms with van der Waals surface area (Å²) in [6, 6.07) is 4.54. The number of carbonyl (C=O) groups excluding carboxylic acids is 1. The summed E-state index contributed by atoms with van der Waals surface area (Å²) in [6.45, 7) is 5.05. The monoisotopic (exact) mass is 265 g/mol. The van der Waals surface area contributed by atoms with Crippen molar-refractivity contribution in [3.63, 3.8) is 0 Å². The first-order valence-corrected chi connectivity index (χ1v) is 6.79. The van der Waals surface area contributed by atoms with Crippen molar-refractivity contribution in [3.05, 3.63) is 29.6 Å². The van der Waals surface area contributed by atoms with Gasteiger partial charge < -0.3 is 9.64 Å². The Bertz CT molecular complexity index is 455. The highest BCUT2D eigenvalue weighted by Crippen LogP contribution is 2.18. The second-order valence-electron chi connectivity index (χ2n) is 5.06. The van der Waals surface area contributed by atoms with Crippen molar-refractivity contribution >= 4 is 5.91 Å². The number of halogens is 1. The zero-order chi connectivity index (χ0) is 13.8. The molecule has 1 aliphatic rings. The molecule has 1 aliphatic heterocycles. The van der Waals surface area contributed by atoms with Gasteiger partial charge in [0.2, 0.25) is 0 Å². The van der Waals surface area contributed by atoms with Crippen LogP contribution < -0.4 is 4.74 Å². The van der Waals surface area contributed by atoms with Gasteiger partial charge >= 0.3 is 0 Å². The van der Waals surface area contributed by atoms with E-state index in [0.29, 0.717) is 11.3 Å². The van der Waals surface area contributed by atoms with Crippen molar-refractivity contribution in [3.8, 4) is 5.75 Å². The van der Waals surface area contributed by atoms with Crippen LogP contribution in [-0.2, 0) is 4.79 Å². The molecule has 1 unspecified atom stereocenters.